The standard InChI is InChI=1S/C49H86O12S/c1-3-5-7-9-11-13-15-17-19-20-21-22-24-26-28-30-32-34-36-38-45(51)60-42(40-59-49-48(54)47(53)46(52)43(61-49)41-62(55,56)57)39-58-44(50)37-35-33-31-29-27-25-23-18-16-14-12-10-8-6-4-2/h11,13-14,16-19,23,42-43,46-49,52-54H,3-10,12,15,20-22,24-41H2,1-2H3,(H,55,56,57)/b13-11+,16-14+,19-17+,23-18+/t42-,43-,46-,47?,48?,49+/m1/s1. The minimum Gasteiger partial charge on any atom is -0.462 e. The Morgan fingerprint density at radius 1 is 0.565 bits per heavy atom. The summed E-state index contributed by atoms with van der Waals surface area (Å²) in [5.74, 6) is -2.01. The fourth-order valence-corrected chi connectivity index (χ4v) is 7.80. The van der Waals surface area contributed by atoms with E-state index in [0.29, 0.717) is 12.8 Å². The highest BCUT2D eigenvalue weighted by Gasteiger charge is 2.46. The molecule has 2 unspecified atom stereocenters. The largest absolute Gasteiger partial charge is 0.462 e. The summed E-state index contributed by atoms with van der Waals surface area (Å²) in [5, 5.41) is 30.9. The van der Waals surface area contributed by atoms with Gasteiger partial charge in [0.15, 0.2) is 12.4 Å². The average Bonchev–Trinajstić information content (AvgIpc) is 3.24. The van der Waals surface area contributed by atoms with Crippen molar-refractivity contribution in [1.82, 2.24) is 0 Å². The molecule has 12 nitrogen and oxygen atoms in total. The molecule has 0 aromatic carbocycles. The van der Waals surface area contributed by atoms with Crippen LogP contribution in [0.25, 0.3) is 0 Å². The van der Waals surface area contributed by atoms with Crippen molar-refractivity contribution in [3.8, 4) is 0 Å². The number of aliphatic hydroxyl groups excluding tert-OH is 3. The van der Waals surface area contributed by atoms with Crippen LogP contribution < -0.4 is 0 Å². The van der Waals surface area contributed by atoms with E-state index in [1.807, 2.05) is 0 Å². The van der Waals surface area contributed by atoms with E-state index in [0.717, 1.165) is 77.0 Å². The molecule has 1 rings (SSSR count). The molecule has 1 aliphatic heterocycles. The van der Waals surface area contributed by atoms with Gasteiger partial charge in [0.05, 0.1) is 6.61 Å². The molecule has 62 heavy (non-hydrogen) atoms. The molecule has 1 aliphatic rings. The summed E-state index contributed by atoms with van der Waals surface area (Å²) >= 11 is 0. The molecule has 0 radical (unpaired) electrons. The van der Waals surface area contributed by atoms with E-state index in [9.17, 15) is 37.9 Å². The van der Waals surface area contributed by atoms with Crippen molar-refractivity contribution in [1.29, 1.82) is 0 Å². The van der Waals surface area contributed by atoms with E-state index in [4.69, 9.17) is 18.9 Å². The molecule has 4 N–H and O–H groups in total. The lowest BCUT2D eigenvalue weighted by Gasteiger charge is -2.40. The second-order valence-electron chi connectivity index (χ2n) is 16.8. The molecular formula is C49H86O12S. The maximum absolute atomic E-state index is 12.8. The topological polar surface area (TPSA) is 186 Å². The Kier molecular flexibility index (Phi) is 36.3. The zero-order chi connectivity index (χ0) is 45.5. The molecule has 360 valence electrons. The maximum Gasteiger partial charge on any atom is 0.306 e. The lowest BCUT2D eigenvalue weighted by molar-refractivity contribution is -0.297. The molecular weight excluding hydrogens is 813 g/mol. The summed E-state index contributed by atoms with van der Waals surface area (Å²) in [6.45, 7) is 3.71. The van der Waals surface area contributed by atoms with Gasteiger partial charge in [0.25, 0.3) is 10.1 Å². The number of esters is 2. The van der Waals surface area contributed by atoms with Gasteiger partial charge in [-0.2, -0.15) is 8.42 Å². The Bertz CT molecular complexity index is 1330. The van der Waals surface area contributed by atoms with Gasteiger partial charge in [-0.1, -0.05) is 159 Å². The summed E-state index contributed by atoms with van der Waals surface area (Å²) in [7, 11) is -4.61. The van der Waals surface area contributed by atoms with Gasteiger partial charge in [-0.05, 0) is 70.6 Å². The van der Waals surface area contributed by atoms with Crippen LogP contribution in [-0.4, -0.2) is 96.0 Å². The molecule has 0 aromatic heterocycles. The molecule has 0 aliphatic carbocycles. The lowest BCUT2D eigenvalue weighted by atomic mass is 10.00. The Morgan fingerprint density at radius 2 is 1.02 bits per heavy atom. The third kappa shape index (κ3) is 33.2. The molecule has 0 aromatic rings. The molecule has 1 fully saturated rings. The first-order valence-electron chi connectivity index (χ1n) is 24.2. The van der Waals surface area contributed by atoms with Crippen molar-refractivity contribution in [3.63, 3.8) is 0 Å². The number of allylic oxidation sites excluding steroid dienone is 8. The van der Waals surface area contributed by atoms with Crippen LogP contribution in [0.3, 0.4) is 0 Å². The number of unbranched alkanes of at least 4 members (excludes halogenated alkanes) is 21. The fourth-order valence-electron chi connectivity index (χ4n) is 7.11. The Morgan fingerprint density at radius 3 is 1.55 bits per heavy atom. The van der Waals surface area contributed by atoms with Crippen LogP contribution >= 0.6 is 0 Å². The molecule has 0 amide bonds. The summed E-state index contributed by atoms with van der Waals surface area (Å²) in [6.07, 6.45) is 37.1. The predicted octanol–water partition coefficient (Wildman–Crippen LogP) is 10.3. The van der Waals surface area contributed by atoms with Crippen molar-refractivity contribution in [3.05, 3.63) is 48.6 Å². The zero-order valence-electron chi connectivity index (χ0n) is 38.5. The number of ether oxygens (including phenoxy) is 4. The summed E-state index contributed by atoms with van der Waals surface area (Å²) in [6, 6.07) is 0. The number of aliphatic hydroxyl groups is 3. The fraction of sp³-hybridized carbons (Fsp3) is 0.796. The Hall–Kier alpha value is -2.39. The van der Waals surface area contributed by atoms with Crippen molar-refractivity contribution >= 4 is 22.1 Å². The molecule has 0 bridgehead atoms. The summed E-state index contributed by atoms with van der Waals surface area (Å²) < 4.78 is 54.1. The summed E-state index contributed by atoms with van der Waals surface area (Å²) in [5.41, 5.74) is 0. The van der Waals surface area contributed by atoms with E-state index >= 15 is 0 Å². The van der Waals surface area contributed by atoms with Crippen LogP contribution in [0.15, 0.2) is 48.6 Å². The van der Waals surface area contributed by atoms with E-state index in [1.54, 1.807) is 0 Å². The van der Waals surface area contributed by atoms with Gasteiger partial charge in [0.1, 0.15) is 36.8 Å². The Balaban J connectivity index is 2.42. The predicted molar refractivity (Wildman–Crippen MR) is 247 cm³/mol. The number of hydrogen-bond donors (Lipinski definition) is 4. The number of hydrogen-bond acceptors (Lipinski definition) is 11. The molecule has 0 spiro atoms. The van der Waals surface area contributed by atoms with Gasteiger partial charge < -0.3 is 34.3 Å². The normalized spacial score (nSPS) is 20.3. The third-order valence-electron chi connectivity index (χ3n) is 10.9. The monoisotopic (exact) mass is 899 g/mol. The first kappa shape index (κ1) is 57.6. The highest BCUT2D eigenvalue weighted by atomic mass is 32.2. The van der Waals surface area contributed by atoms with Crippen LogP contribution in [0.1, 0.15) is 194 Å². The van der Waals surface area contributed by atoms with Crippen molar-refractivity contribution in [2.24, 2.45) is 0 Å². The first-order valence-corrected chi connectivity index (χ1v) is 25.8. The second kappa shape index (κ2) is 39.0. The number of carbonyl (C=O) groups is 2. The van der Waals surface area contributed by atoms with E-state index in [2.05, 4.69) is 62.5 Å². The van der Waals surface area contributed by atoms with Gasteiger partial charge in [0.2, 0.25) is 0 Å². The van der Waals surface area contributed by atoms with Crippen molar-refractivity contribution in [2.75, 3.05) is 19.0 Å². The maximum atomic E-state index is 12.8. The van der Waals surface area contributed by atoms with E-state index in [1.165, 1.54) is 77.0 Å². The quantitative estimate of drug-likeness (QED) is 0.0150. The van der Waals surface area contributed by atoms with Gasteiger partial charge in [-0.25, -0.2) is 0 Å². The number of carbonyl (C=O) groups excluding carboxylic acids is 2. The molecule has 1 heterocycles. The third-order valence-corrected chi connectivity index (χ3v) is 11.7. The van der Waals surface area contributed by atoms with Gasteiger partial charge in [-0.3, -0.25) is 14.1 Å². The van der Waals surface area contributed by atoms with Gasteiger partial charge in [0, 0.05) is 12.8 Å². The highest BCUT2D eigenvalue weighted by Crippen LogP contribution is 2.24. The first-order chi connectivity index (χ1) is 30.0. The minimum atomic E-state index is -4.61. The zero-order valence-corrected chi connectivity index (χ0v) is 39.3. The van der Waals surface area contributed by atoms with Crippen LogP contribution in [0, 0.1) is 0 Å². The Labute approximate surface area is 375 Å². The SMILES string of the molecule is CCCCC/C=C/C/C=C/CCCCCCCCCCCC(=O)O[C@H](COC(=O)CCCCCCC/C=C/C=C/CCCCCC)CO[C@H]1O[C@H](CS(=O)(=O)O)[C@@H](O)C(O)C1O. The average molecular weight is 899 g/mol. The van der Waals surface area contributed by atoms with E-state index < -0.39 is 71.2 Å². The molecule has 0 saturated carbocycles. The smallest absolute Gasteiger partial charge is 0.306 e. The van der Waals surface area contributed by atoms with Crippen LogP contribution in [0.2, 0.25) is 0 Å². The van der Waals surface area contributed by atoms with Crippen LogP contribution in [0.5, 0.6) is 0 Å². The second-order valence-corrected chi connectivity index (χ2v) is 18.3. The minimum absolute atomic E-state index is 0.155. The van der Waals surface area contributed by atoms with E-state index in [-0.39, 0.29) is 19.4 Å². The highest BCUT2D eigenvalue weighted by molar-refractivity contribution is 7.85. The van der Waals surface area contributed by atoms with Crippen molar-refractivity contribution in [2.45, 2.75) is 230 Å². The van der Waals surface area contributed by atoms with Gasteiger partial charge >= 0.3 is 11.9 Å². The van der Waals surface area contributed by atoms with Crippen LogP contribution in [-0.2, 0) is 38.7 Å². The summed E-state index contributed by atoms with van der Waals surface area (Å²) in [4.78, 5) is 25.5. The molecule has 1 saturated heterocycles. The lowest BCUT2D eigenvalue weighted by Crippen LogP contribution is -2.60. The molecule has 13 heteroatoms. The number of rotatable bonds is 40. The van der Waals surface area contributed by atoms with Gasteiger partial charge in [-0.15, -0.1) is 0 Å². The molecule has 6 atom stereocenters. The van der Waals surface area contributed by atoms with Crippen molar-refractivity contribution < 1.29 is 56.8 Å². The van der Waals surface area contributed by atoms with Crippen LogP contribution in [0.4, 0.5) is 0 Å².